The molecule has 4 atom stereocenters. The van der Waals surface area contributed by atoms with E-state index < -0.39 is 0 Å². The number of allylic oxidation sites excluding steroid dienone is 2. The maximum absolute atomic E-state index is 13.2. The molecule has 2 aliphatic carbocycles. The number of nitrogens with zero attached hydrogens (tertiary/aromatic N) is 2. The molecular formula is C28H27N3O3S2. The summed E-state index contributed by atoms with van der Waals surface area (Å²) < 4.78 is 1.69. The van der Waals surface area contributed by atoms with Crippen LogP contribution in [-0.4, -0.2) is 28.5 Å². The van der Waals surface area contributed by atoms with Gasteiger partial charge < -0.3 is 5.32 Å². The van der Waals surface area contributed by atoms with E-state index in [0.717, 1.165) is 50.6 Å². The van der Waals surface area contributed by atoms with Crippen molar-refractivity contribution in [2.45, 2.75) is 37.4 Å². The zero-order chi connectivity index (χ0) is 25.0. The highest BCUT2D eigenvalue weighted by Gasteiger charge is 2.59. The van der Waals surface area contributed by atoms with Crippen molar-refractivity contribution in [3.63, 3.8) is 0 Å². The van der Waals surface area contributed by atoms with Crippen LogP contribution in [0, 0.1) is 23.7 Å². The van der Waals surface area contributed by atoms with Crippen LogP contribution in [0.25, 0.3) is 10.2 Å². The average molecular weight is 518 g/mol. The van der Waals surface area contributed by atoms with E-state index in [2.05, 4.69) is 48.4 Å². The summed E-state index contributed by atoms with van der Waals surface area (Å²) >= 11 is 2.88. The van der Waals surface area contributed by atoms with Crippen LogP contribution in [0.15, 0.2) is 52.9 Å². The molecule has 2 heterocycles. The van der Waals surface area contributed by atoms with Gasteiger partial charge >= 0.3 is 0 Å². The smallest absolute Gasteiger partial charge is 0.238 e. The molecule has 2 bridgehead atoms. The number of aryl methyl sites for hydroxylation is 2. The van der Waals surface area contributed by atoms with E-state index >= 15 is 0 Å². The van der Waals surface area contributed by atoms with Crippen molar-refractivity contribution >= 4 is 62.4 Å². The third-order valence-corrected chi connectivity index (χ3v) is 9.83. The number of nitrogens with one attached hydrogen (secondary N) is 1. The molecule has 1 saturated heterocycles. The van der Waals surface area contributed by atoms with Crippen LogP contribution < -0.4 is 10.2 Å². The lowest BCUT2D eigenvalue weighted by molar-refractivity contribution is -0.123. The number of para-hydroxylation sites is 1. The fraction of sp³-hybridized carbons (Fsp3) is 0.357. The third kappa shape index (κ3) is 3.78. The lowest BCUT2D eigenvalue weighted by Crippen LogP contribution is -2.32. The van der Waals surface area contributed by atoms with Gasteiger partial charge in [-0.1, -0.05) is 56.0 Å². The molecule has 2 aromatic carbocycles. The first kappa shape index (κ1) is 23.4. The fourth-order valence-corrected chi connectivity index (χ4v) is 7.86. The molecule has 1 N–H and O–H groups in total. The summed E-state index contributed by atoms with van der Waals surface area (Å²) in [5.74, 6) is 0.0302. The third-order valence-electron chi connectivity index (χ3n) is 7.67. The summed E-state index contributed by atoms with van der Waals surface area (Å²) in [6.45, 7) is 4.18. The molecule has 2 fully saturated rings. The van der Waals surface area contributed by atoms with Crippen molar-refractivity contribution in [2.24, 2.45) is 23.7 Å². The van der Waals surface area contributed by atoms with Gasteiger partial charge in [0.25, 0.3) is 0 Å². The summed E-state index contributed by atoms with van der Waals surface area (Å²) in [5, 5.41) is 3.10. The van der Waals surface area contributed by atoms with Crippen LogP contribution in [-0.2, 0) is 27.2 Å². The molecule has 2 unspecified atom stereocenters. The Morgan fingerprint density at radius 1 is 1.06 bits per heavy atom. The number of thioether (sulfide) groups is 1. The Morgan fingerprint density at radius 3 is 2.36 bits per heavy atom. The van der Waals surface area contributed by atoms with Crippen LogP contribution in [0.3, 0.4) is 0 Å². The number of carbonyl (C=O) groups excluding carboxylic acids is 3. The molecule has 0 radical (unpaired) electrons. The van der Waals surface area contributed by atoms with Crippen LogP contribution in [0.5, 0.6) is 0 Å². The van der Waals surface area contributed by atoms with Crippen LogP contribution in [0.1, 0.15) is 31.4 Å². The first-order chi connectivity index (χ1) is 17.5. The van der Waals surface area contributed by atoms with Gasteiger partial charge in [0, 0.05) is 5.69 Å². The second-order valence-corrected chi connectivity index (χ2v) is 11.9. The SMILES string of the molecule is CCc1cccc(CC)c1NC(=O)CSc1nc2ccc(N3C(=O)C4C(C3=O)[C@H]3C=C[C@@H]4C3)cc2s1. The van der Waals surface area contributed by atoms with Gasteiger partial charge in [0.05, 0.1) is 33.5 Å². The quantitative estimate of drug-likeness (QED) is 0.256. The number of imide groups is 1. The molecule has 8 heteroatoms. The lowest BCUT2D eigenvalue weighted by Gasteiger charge is -2.17. The molecular weight excluding hydrogens is 490 g/mol. The maximum atomic E-state index is 13.2. The Bertz CT molecular complexity index is 1380. The zero-order valence-corrected chi connectivity index (χ0v) is 21.8. The Hall–Kier alpha value is -2.97. The van der Waals surface area contributed by atoms with Gasteiger partial charge in [0.15, 0.2) is 4.34 Å². The van der Waals surface area contributed by atoms with Crippen molar-refractivity contribution in [3.8, 4) is 0 Å². The molecule has 3 aromatic rings. The molecule has 36 heavy (non-hydrogen) atoms. The Kier molecular flexibility index (Phi) is 5.96. The van der Waals surface area contributed by atoms with E-state index in [1.54, 1.807) is 0 Å². The molecule has 6 rings (SSSR count). The summed E-state index contributed by atoms with van der Waals surface area (Å²) in [7, 11) is 0. The summed E-state index contributed by atoms with van der Waals surface area (Å²) in [6, 6.07) is 11.7. The van der Waals surface area contributed by atoms with E-state index in [1.165, 1.54) is 28.0 Å². The van der Waals surface area contributed by atoms with Gasteiger partial charge in [-0.3, -0.25) is 14.4 Å². The first-order valence-electron chi connectivity index (χ1n) is 12.5. The highest BCUT2D eigenvalue weighted by atomic mass is 32.2. The highest BCUT2D eigenvalue weighted by Crippen LogP contribution is 2.53. The molecule has 1 saturated carbocycles. The Labute approximate surface area is 218 Å². The van der Waals surface area contributed by atoms with Crippen molar-refractivity contribution < 1.29 is 14.4 Å². The summed E-state index contributed by atoms with van der Waals surface area (Å²) in [5.41, 5.74) is 4.62. The topological polar surface area (TPSA) is 79.4 Å². The molecule has 1 aliphatic heterocycles. The molecule has 0 spiro atoms. The second kappa shape index (κ2) is 9.16. The number of hydrogen-bond donors (Lipinski definition) is 1. The van der Waals surface area contributed by atoms with E-state index in [1.807, 2.05) is 24.3 Å². The summed E-state index contributed by atoms with van der Waals surface area (Å²) in [6.07, 6.45) is 6.86. The fourth-order valence-electron chi connectivity index (χ4n) is 5.96. The van der Waals surface area contributed by atoms with Crippen molar-refractivity contribution in [1.82, 2.24) is 4.98 Å². The molecule has 6 nitrogen and oxygen atoms in total. The number of benzene rings is 2. The van der Waals surface area contributed by atoms with Crippen LogP contribution >= 0.6 is 23.1 Å². The molecule has 3 aliphatic rings. The molecule has 1 aromatic heterocycles. The lowest BCUT2D eigenvalue weighted by atomic mass is 9.85. The number of rotatable bonds is 7. The Morgan fingerprint density at radius 2 is 1.72 bits per heavy atom. The zero-order valence-electron chi connectivity index (χ0n) is 20.2. The van der Waals surface area contributed by atoms with E-state index in [4.69, 9.17) is 0 Å². The minimum atomic E-state index is -0.208. The molecule has 3 amide bonds. The average Bonchev–Trinajstić information content (AvgIpc) is 3.65. The standard InChI is InChI=1S/C28H27N3O3S2/c1-3-15-6-5-7-16(4-2)25(15)30-22(32)14-35-28-29-20-11-10-19(13-21(20)36-28)31-26(33)23-17-8-9-18(12-17)24(23)27(31)34/h5-11,13,17-18,23-24H,3-4,12,14H2,1-2H3,(H,30,32)/t17-,18+,23?,24?. The minimum Gasteiger partial charge on any atom is -0.325 e. The number of carbonyl (C=O) groups is 3. The molecule has 184 valence electrons. The number of aromatic nitrogens is 1. The van der Waals surface area contributed by atoms with Crippen LogP contribution in [0.4, 0.5) is 11.4 Å². The predicted molar refractivity (Wildman–Crippen MR) is 144 cm³/mol. The second-order valence-electron chi connectivity index (χ2n) is 9.64. The predicted octanol–water partition coefficient (Wildman–Crippen LogP) is 5.46. The Balaban J connectivity index is 1.16. The van der Waals surface area contributed by atoms with Crippen molar-refractivity contribution in [2.75, 3.05) is 16.0 Å². The van der Waals surface area contributed by atoms with Gasteiger partial charge in [-0.2, -0.15) is 0 Å². The van der Waals surface area contributed by atoms with Gasteiger partial charge in [-0.25, -0.2) is 9.88 Å². The minimum absolute atomic E-state index is 0.0569. The number of hydrogen-bond acceptors (Lipinski definition) is 6. The van der Waals surface area contributed by atoms with Gasteiger partial charge in [0.1, 0.15) is 0 Å². The van der Waals surface area contributed by atoms with E-state index in [9.17, 15) is 14.4 Å². The number of thiazole rings is 1. The number of fused-ring (bicyclic) bond motifs is 6. The van der Waals surface area contributed by atoms with Crippen molar-refractivity contribution in [1.29, 1.82) is 0 Å². The maximum Gasteiger partial charge on any atom is 0.238 e. The van der Waals surface area contributed by atoms with Gasteiger partial charge in [0.2, 0.25) is 17.7 Å². The summed E-state index contributed by atoms with van der Waals surface area (Å²) in [4.78, 5) is 45.1. The van der Waals surface area contributed by atoms with E-state index in [-0.39, 0.29) is 47.1 Å². The number of amides is 3. The monoisotopic (exact) mass is 517 g/mol. The van der Waals surface area contributed by atoms with Gasteiger partial charge in [-0.15, -0.1) is 11.3 Å². The largest absolute Gasteiger partial charge is 0.325 e. The first-order valence-corrected chi connectivity index (χ1v) is 14.3. The number of anilines is 2. The van der Waals surface area contributed by atoms with Crippen LogP contribution in [0.2, 0.25) is 0 Å². The van der Waals surface area contributed by atoms with Crippen molar-refractivity contribution in [3.05, 3.63) is 59.7 Å². The highest BCUT2D eigenvalue weighted by molar-refractivity contribution is 8.01. The van der Waals surface area contributed by atoms with Gasteiger partial charge in [-0.05, 0) is 60.4 Å². The normalized spacial score (nSPS) is 24.2. The van der Waals surface area contributed by atoms with E-state index in [0.29, 0.717) is 5.69 Å².